The van der Waals surface area contributed by atoms with Crippen LogP contribution in [0.15, 0.2) is 12.2 Å². The minimum atomic E-state index is -0.789. The molecular weight excluding hydrogens is 206 g/mol. The average Bonchev–Trinajstić information content (AvgIpc) is 2.67. The lowest BCUT2D eigenvalue weighted by Gasteiger charge is -2.44. The van der Waals surface area contributed by atoms with Gasteiger partial charge in [0, 0.05) is 17.8 Å². The molecule has 2 aliphatic carbocycles. The van der Waals surface area contributed by atoms with Crippen molar-refractivity contribution in [3.63, 3.8) is 0 Å². The fraction of sp³-hybridized carbons (Fsp3) is 0.833. The molecule has 3 N–H and O–H groups in total. The van der Waals surface area contributed by atoms with Gasteiger partial charge in [-0.3, -0.25) is 4.90 Å². The molecule has 0 amide bonds. The van der Waals surface area contributed by atoms with Crippen molar-refractivity contribution in [1.82, 2.24) is 4.90 Å². The Morgan fingerprint density at radius 3 is 2.69 bits per heavy atom. The fourth-order valence-corrected chi connectivity index (χ4v) is 4.01. The molecule has 1 saturated carbocycles. The molecular formula is C12H19NO3. The lowest BCUT2D eigenvalue weighted by atomic mass is 9.65. The van der Waals surface area contributed by atoms with Crippen LogP contribution in [-0.2, 0) is 0 Å². The van der Waals surface area contributed by atoms with Gasteiger partial charge in [-0.2, -0.15) is 0 Å². The van der Waals surface area contributed by atoms with E-state index in [1.165, 1.54) is 0 Å². The molecule has 0 radical (unpaired) electrons. The van der Waals surface area contributed by atoms with Crippen molar-refractivity contribution in [3.05, 3.63) is 12.2 Å². The summed E-state index contributed by atoms with van der Waals surface area (Å²) in [5, 5.41) is 30.3. The zero-order valence-corrected chi connectivity index (χ0v) is 9.67. The summed E-state index contributed by atoms with van der Waals surface area (Å²) in [7, 11) is 1.91. The first-order valence-corrected chi connectivity index (χ1v) is 5.97. The van der Waals surface area contributed by atoms with Crippen LogP contribution in [0, 0.1) is 11.3 Å². The minimum Gasteiger partial charge on any atom is -0.389 e. The molecule has 0 aromatic heterocycles. The van der Waals surface area contributed by atoms with Gasteiger partial charge in [0.2, 0.25) is 0 Å². The molecule has 7 atom stereocenters. The second kappa shape index (κ2) is 2.88. The highest BCUT2D eigenvalue weighted by atomic mass is 16.3. The van der Waals surface area contributed by atoms with Gasteiger partial charge >= 0.3 is 0 Å². The van der Waals surface area contributed by atoms with Gasteiger partial charge < -0.3 is 15.3 Å². The lowest BCUT2D eigenvalue weighted by molar-refractivity contribution is -0.0931. The first kappa shape index (κ1) is 10.7. The summed E-state index contributed by atoms with van der Waals surface area (Å²) in [5.74, 6) is 0.158. The topological polar surface area (TPSA) is 63.7 Å². The van der Waals surface area contributed by atoms with E-state index in [2.05, 4.69) is 0 Å². The number of fused-ring (bicyclic) bond motifs is 3. The van der Waals surface area contributed by atoms with Crippen LogP contribution in [0.3, 0.4) is 0 Å². The van der Waals surface area contributed by atoms with Crippen molar-refractivity contribution >= 4 is 0 Å². The maximum absolute atomic E-state index is 10.4. The van der Waals surface area contributed by atoms with Crippen LogP contribution < -0.4 is 0 Å². The van der Waals surface area contributed by atoms with Gasteiger partial charge in [0.25, 0.3) is 0 Å². The number of aliphatic hydroxyl groups excluding tert-OH is 2. The highest BCUT2D eigenvalue weighted by Gasteiger charge is 2.75. The molecule has 0 bridgehead atoms. The molecule has 4 nitrogen and oxygen atoms in total. The molecule has 0 aromatic carbocycles. The molecule has 0 spiro atoms. The Kier molecular flexibility index (Phi) is 1.93. The second-order valence-electron chi connectivity index (χ2n) is 5.54. The molecule has 2 fully saturated rings. The average molecular weight is 225 g/mol. The van der Waals surface area contributed by atoms with E-state index in [9.17, 15) is 15.3 Å². The molecule has 90 valence electrons. The predicted octanol–water partition coefficient (Wildman–Crippen LogP) is -0.303. The number of rotatable bonds is 1. The van der Waals surface area contributed by atoms with E-state index >= 15 is 0 Å². The van der Waals surface area contributed by atoms with E-state index in [4.69, 9.17) is 0 Å². The summed E-state index contributed by atoms with van der Waals surface area (Å²) >= 11 is 0. The van der Waals surface area contributed by atoms with Gasteiger partial charge in [-0.15, -0.1) is 0 Å². The van der Waals surface area contributed by atoms with Gasteiger partial charge in [0.05, 0.1) is 18.2 Å². The third kappa shape index (κ3) is 0.949. The van der Waals surface area contributed by atoms with Gasteiger partial charge in [0.15, 0.2) is 0 Å². The highest BCUT2D eigenvalue weighted by Crippen LogP contribution is 2.65. The van der Waals surface area contributed by atoms with Gasteiger partial charge in [-0.05, 0) is 13.5 Å². The van der Waals surface area contributed by atoms with Crippen LogP contribution in [0.25, 0.3) is 0 Å². The zero-order valence-electron chi connectivity index (χ0n) is 9.67. The van der Waals surface area contributed by atoms with Crippen LogP contribution in [0.5, 0.6) is 0 Å². The number of nitrogens with zero attached hydrogens (tertiary/aromatic N) is 1. The largest absolute Gasteiger partial charge is 0.389 e. The molecule has 1 heterocycles. The summed E-state index contributed by atoms with van der Waals surface area (Å²) in [6, 6.07) is 0.117. The molecule has 1 saturated heterocycles. The first-order chi connectivity index (χ1) is 7.47. The lowest BCUT2D eigenvalue weighted by Crippen LogP contribution is -2.50. The maximum Gasteiger partial charge on any atom is 0.135 e. The van der Waals surface area contributed by atoms with Gasteiger partial charge in [-0.1, -0.05) is 19.1 Å². The first-order valence-electron chi connectivity index (χ1n) is 5.97. The monoisotopic (exact) mass is 225 g/mol. The minimum absolute atomic E-state index is 0.117. The number of hydrogen-bond donors (Lipinski definition) is 3. The van der Waals surface area contributed by atoms with Crippen LogP contribution >= 0.6 is 0 Å². The molecule has 6 unspecified atom stereocenters. The predicted molar refractivity (Wildman–Crippen MR) is 58.5 cm³/mol. The van der Waals surface area contributed by atoms with Crippen LogP contribution in [0.1, 0.15) is 19.8 Å². The Bertz CT molecular complexity index is 358. The van der Waals surface area contributed by atoms with E-state index in [0.717, 1.165) is 6.42 Å². The van der Waals surface area contributed by atoms with E-state index in [-0.39, 0.29) is 17.4 Å². The quantitative estimate of drug-likeness (QED) is 0.423. The van der Waals surface area contributed by atoms with Crippen molar-refractivity contribution in [2.45, 2.75) is 43.7 Å². The smallest absolute Gasteiger partial charge is 0.135 e. The van der Waals surface area contributed by atoms with Crippen molar-refractivity contribution in [2.75, 3.05) is 7.05 Å². The number of hydrogen-bond acceptors (Lipinski definition) is 4. The fourth-order valence-electron chi connectivity index (χ4n) is 4.01. The van der Waals surface area contributed by atoms with Crippen LogP contribution in [0.4, 0.5) is 0 Å². The Labute approximate surface area is 95.2 Å². The Balaban J connectivity index is 2.02. The molecule has 3 rings (SSSR count). The summed E-state index contributed by atoms with van der Waals surface area (Å²) in [6.45, 7) is 2.02. The zero-order chi connectivity index (χ0) is 11.7. The Morgan fingerprint density at radius 1 is 1.38 bits per heavy atom. The molecule has 16 heavy (non-hydrogen) atoms. The number of piperidine rings is 1. The summed E-state index contributed by atoms with van der Waals surface area (Å²) < 4.78 is 0. The summed E-state index contributed by atoms with van der Waals surface area (Å²) in [4.78, 5) is 1.96. The van der Waals surface area contributed by atoms with Gasteiger partial charge in [-0.25, -0.2) is 0 Å². The van der Waals surface area contributed by atoms with Crippen LogP contribution in [0.2, 0.25) is 0 Å². The number of aliphatic hydroxyl groups is 3. The van der Waals surface area contributed by atoms with Gasteiger partial charge in [0.1, 0.15) is 5.72 Å². The van der Waals surface area contributed by atoms with Crippen molar-refractivity contribution < 1.29 is 15.3 Å². The maximum atomic E-state index is 10.4. The Hall–Kier alpha value is -0.420. The Morgan fingerprint density at radius 2 is 2.06 bits per heavy atom. The van der Waals surface area contributed by atoms with E-state index in [0.29, 0.717) is 6.42 Å². The second-order valence-corrected chi connectivity index (χ2v) is 5.54. The van der Waals surface area contributed by atoms with Crippen LogP contribution in [-0.4, -0.2) is 51.2 Å². The summed E-state index contributed by atoms with van der Waals surface area (Å²) in [6.07, 6.45) is 3.45. The molecule has 3 aliphatic rings. The van der Waals surface area contributed by atoms with Crippen molar-refractivity contribution in [2.24, 2.45) is 11.3 Å². The van der Waals surface area contributed by atoms with Crippen molar-refractivity contribution in [1.29, 1.82) is 0 Å². The summed E-state index contributed by atoms with van der Waals surface area (Å²) in [5.41, 5.74) is -1.10. The third-order valence-corrected chi connectivity index (χ3v) is 5.11. The normalized spacial score (nSPS) is 62.9. The number of likely N-dealkylation sites (tertiary alicyclic amines) is 1. The van der Waals surface area contributed by atoms with Crippen molar-refractivity contribution in [3.8, 4) is 0 Å². The third-order valence-electron chi connectivity index (χ3n) is 5.11. The van der Waals surface area contributed by atoms with E-state index in [1.54, 1.807) is 6.08 Å². The van der Waals surface area contributed by atoms with E-state index < -0.39 is 17.9 Å². The highest BCUT2D eigenvalue weighted by molar-refractivity contribution is 5.30. The standard InChI is InChI=1S/C12H19NO3/c1-3-11-6-12(16)9(13(12)2)7(11)4-5-8(14)10(11)15/h4-5,7-10,14-16H,3,6H2,1-2H3/t7?,8?,9?,10?,11-,12?,13?/m0/s1. The molecule has 0 aromatic rings. The molecule has 1 aliphatic heterocycles. The number of likely N-dealkylation sites (N-methyl/N-ethyl adjacent to an activating group) is 1. The van der Waals surface area contributed by atoms with E-state index in [1.807, 2.05) is 24.9 Å². The SMILES string of the molecule is CC[C@]12CC3(O)C(C1C=CC(O)C2O)N3C. The molecule has 4 heteroatoms.